The van der Waals surface area contributed by atoms with Gasteiger partial charge in [-0.05, 0) is 18.8 Å². The summed E-state index contributed by atoms with van der Waals surface area (Å²) < 4.78 is 5.34. The predicted octanol–water partition coefficient (Wildman–Crippen LogP) is 1.01. The number of ether oxygens (including phenoxy) is 1. The number of rotatable bonds is 3. The van der Waals surface area contributed by atoms with Gasteiger partial charge >= 0.3 is 0 Å². The van der Waals surface area contributed by atoms with Gasteiger partial charge in [-0.2, -0.15) is 0 Å². The molecule has 0 saturated carbocycles. The lowest BCUT2D eigenvalue weighted by Crippen LogP contribution is -2.54. The summed E-state index contributed by atoms with van der Waals surface area (Å²) in [4.78, 5) is 14.2. The van der Waals surface area contributed by atoms with Crippen molar-refractivity contribution >= 4 is 5.91 Å². The zero-order chi connectivity index (χ0) is 12.1. The minimum absolute atomic E-state index is 0.105. The fourth-order valence-electron chi connectivity index (χ4n) is 2.79. The van der Waals surface area contributed by atoms with Gasteiger partial charge < -0.3 is 15.0 Å². The molecule has 1 atom stereocenters. The number of carbonyl (C=O) groups excluding carboxylic acids is 1. The summed E-state index contributed by atoms with van der Waals surface area (Å²) in [5.74, 6) is 1.07. The van der Waals surface area contributed by atoms with Crippen LogP contribution in [0.1, 0.15) is 32.6 Å². The number of hydrogen-bond donors (Lipinski definition) is 1. The highest BCUT2D eigenvalue weighted by Gasteiger charge is 2.28. The van der Waals surface area contributed by atoms with E-state index >= 15 is 0 Å². The smallest absolute Gasteiger partial charge is 0.242 e. The van der Waals surface area contributed by atoms with Gasteiger partial charge in [-0.15, -0.1) is 0 Å². The van der Waals surface area contributed by atoms with Gasteiger partial charge in [0, 0.05) is 19.6 Å². The number of amides is 1. The summed E-state index contributed by atoms with van der Waals surface area (Å²) in [6.07, 6.45) is 4.92. The normalized spacial score (nSPS) is 27.1. The van der Waals surface area contributed by atoms with Crippen molar-refractivity contribution in [2.75, 3.05) is 32.8 Å². The second kappa shape index (κ2) is 6.36. The molecular weight excluding hydrogens is 216 g/mol. The van der Waals surface area contributed by atoms with Crippen molar-refractivity contribution in [3.63, 3.8) is 0 Å². The predicted molar refractivity (Wildman–Crippen MR) is 66.8 cm³/mol. The molecule has 2 saturated heterocycles. The number of piperidine rings is 1. The molecular formula is C13H24N2O2. The number of nitrogens with zero attached hydrogens (tertiary/aromatic N) is 1. The Hall–Kier alpha value is -0.610. The van der Waals surface area contributed by atoms with Crippen molar-refractivity contribution in [2.24, 2.45) is 5.92 Å². The minimum atomic E-state index is -0.105. The van der Waals surface area contributed by atoms with Crippen molar-refractivity contribution < 1.29 is 9.53 Å². The van der Waals surface area contributed by atoms with Gasteiger partial charge in [0.1, 0.15) is 6.04 Å². The number of hydrogen-bond acceptors (Lipinski definition) is 3. The largest absolute Gasteiger partial charge is 0.378 e. The lowest BCUT2D eigenvalue weighted by molar-refractivity contribution is -0.137. The second-order valence-corrected chi connectivity index (χ2v) is 5.14. The third-order valence-electron chi connectivity index (χ3n) is 3.84. The number of likely N-dealkylation sites (tertiary alicyclic amines) is 1. The van der Waals surface area contributed by atoms with Crippen molar-refractivity contribution in [3.05, 3.63) is 0 Å². The molecule has 1 N–H and O–H groups in total. The summed E-state index contributed by atoms with van der Waals surface area (Å²) >= 11 is 0. The van der Waals surface area contributed by atoms with Crippen LogP contribution in [0, 0.1) is 5.92 Å². The third-order valence-corrected chi connectivity index (χ3v) is 3.84. The average molecular weight is 240 g/mol. The quantitative estimate of drug-likeness (QED) is 0.800. The van der Waals surface area contributed by atoms with Crippen LogP contribution in [-0.2, 0) is 9.53 Å². The summed E-state index contributed by atoms with van der Waals surface area (Å²) in [5.41, 5.74) is 0. The molecule has 0 bridgehead atoms. The fraction of sp³-hybridized carbons (Fsp3) is 0.923. The molecule has 1 amide bonds. The van der Waals surface area contributed by atoms with Crippen LogP contribution in [-0.4, -0.2) is 49.7 Å². The van der Waals surface area contributed by atoms with Crippen LogP contribution in [0.5, 0.6) is 0 Å². The third kappa shape index (κ3) is 3.42. The molecule has 2 aliphatic heterocycles. The Morgan fingerprint density at radius 3 is 2.76 bits per heavy atom. The van der Waals surface area contributed by atoms with E-state index in [0.717, 1.165) is 32.2 Å². The number of morpholine rings is 1. The first-order valence-electron chi connectivity index (χ1n) is 6.91. The Morgan fingerprint density at radius 2 is 2.18 bits per heavy atom. The summed E-state index contributed by atoms with van der Waals surface area (Å²) in [7, 11) is 0. The number of nitrogens with one attached hydrogen (secondary N) is 1. The Morgan fingerprint density at radius 1 is 1.41 bits per heavy atom. The fourth-order valence-corrected chi connectivity index (χ4v) is 2.79. The summed E-state index contributed by atoms with van der Waals surface area (Å²) in [5, 5.41) is 3.24. The molecule has 0 aromatic carbocycles. The zero-order valence-electron chi connectivity index (χ0n) is 10.8. The van der Waals surface area contributed by atoms with Gasteiger partial charge in [0.05, 0.1) is 13.2 Å². The molecule has 1 unspecified atom stereocenters. The summed E-state index contributed by atoms with van der Waals surface area (Å²) in [6, 6.07) is -0.105. The Labute approximate surface area is 104 Å². The Balaban J connectivity index is 1.77. The summed E-state index contributed by atoms with van der Waals surface area (Å²) in [6.45, 7) is 6.16. The first-order valence-corrected chi connectivity index (χ1v) is 6.91. The van der Waals surface area contributed by atoms with Crippen LogP contribution >= 0.6 is 0 Å². The first kappa shape index (κ1) is 12.8. The van der Waals surface area contributed by atoms with Crippen LogP contribution in [0.2, 0.25) is 0 Å². The van der Waals surface area contributed by atoms with Gasteiger partial charge in [-0.3, -0.25) is 4.79 Å². The van der Waals surface area contributed by atoms with Gasteiger partial charge in [-0.25, -0.2) is 0 Å². The monoisotopic (exact) mass is 240 g/mol. The molecule has 4 heteroatoms. The van der Waals surface area contributed by atoms with E-state index in [1.165, 1.54) is 25.7 Å². The van der Waals surface area contributed by atoms with Gasteiger partial charge in [-0.1, -0.05) is 19.8 Å². The van der Waals surface area contributed by atoms with Crippen LogP contribution in [0.25, 0.3) is 0 Å². The highest BCUT2D eigenvalue weighted by Crippen LogP contribution is 2.22. The van der Waals surface area contributed by atoms with E-state index < -0.39 is 0 Å². The molecule has 2 heterocycles. The minimum Gasteiger partial charge on any atom is -0.378 e. The maximum Gasteiger partial charge on any atom is 0.242 e. The molecule has 17 heavy (non-hydrogen) atoms. The van der Waals surface area contributed by atoms with Crippen LogP contribution in [0.3, 0.4) is 0 Å². The highest BCUT2D eigenvalue weighted by molar-refractivity contribution is 5.82. The Bertz CT molecular complexity index is 244. The van der Waals surface area contributed by atoms with Crippen molar-refractivity contribution in [2.45, 2.75) is 38.6 Å². The SMILES string of the molecule is CCCC1CCN(C(=O)C2COCCN2)CC1. The van der Waals surface area contributed by atoms with E-state index in [2.05, 4.69) is 12.2 Å². The first-order chi connectivity index (χ1) is 8.31. The molecule has 98 valence electrons. The molecule has 0 aromatic heterocycles. The molecule has 0 aromatic rings. The van der Waals surface area contributed by atoms with Gasteiger partial charge in [0.2, 0.25) is 5.91 Å². The van der Waals surface area contributed by atoms with Crippen molar-refractivity contribution in [1.29, 1.82) is 0 Å². The van der Waals surface area contributed by atoms with Crippen molar-refractivity contribution in [3.8, 4) is 0 Å². The molecule has 2 rings (SSSR count). The van der Waals surface area contributed by atoms with E-state index in [4.69, 9.17) is 4.74 Å². The lowest BCUT2D eigenvalue weighted by Gasteiger charge is -2.35. The molecule has 2 aliphatic rings. The molecule has 0 spiro atoms. The molecule has 2 fully saturated rings. The van der Waals surface area contributed by atoms with Crippen molar-refractivity contribution in [1.82, 2.24) is 10.2 Å². The van der Waals surface area contributed by atoms with E-state index in [1.54, 1.807) is 0 Å². The second-order valence-electron chi connectivity index (χ2n) is 5.14. The lowest BCUT2D eigenvalue weighted by atomic mass is 9.92. The average Bonchev–Trinajstić information content (AvgIpc) is 2.40. The topological polar surface area (TPSA) is 41.6 Å². The van der Waals surface area contributed by atoms with Gasteiger partial charge in [0.25, 0.3) is 0 Å². The van der Waals surface area contributed by atoms with Crippen LogP contribution in [0.4, 0.5) is 0 Å². The van der Waals surface area contributed by atoms with Gasteiger partial charge in [0.15, 0.2) is 0 Å². The maximum absolute atomic E-state index is 12.2. The zero-order valence-corrected chi connectivity index (χ0v) is 10.8. The van der Waals surface area contributed by atoms with E-state index in [-0.39, 0.29) is 11.9 Å². The van der Waals surface area contributed by atoms with E-state index in [1.807, 2.05) is 4.90 Å². The Kier molecular flexibility index (Phi) is 4.80. The molecule has 4 nitrogen and oxygen atoms in total. The van der Waals surface area contributed by atoms with E-state index in [9.17, 15) is 4.79 Å². The maximum atomic E-state index is 12.2. The molecule has 0 radical (unpaired) electrons. The highest BCUT2D eigenvalue weighted by atomic mass is 16.5. The standard InChI is InChI=1S/C13H24N2O2/c1-2-3-11-4-7-15(8-5-11)13(16)12-10-17-9-6-14-12/h11-12,14H,2-10H2,1H3. The molecule has 0 aliphatic carbocycles. The van der Waals surface area contributed by atoms with Crippen LogP contribution in [0.15, 0.2) is 0 Å². The number of carbonyl (C=O) groups is 1. The van der Waals surface area contributed by atoms with E-state index in [0.29, 0.717) is 6.61 Å². The van der Waals surface area contributed by atoms with Crippen LogP contribution < -0.4 is 5.32 Å².